The lowest BCUT2D eigenvalue weighted by Crippen LogP contribution is -2.54. The van der Waals surface area contributed by atoms with Crippen molar-refractivity contribution in [3.8, 4) is 5.75 Å². The van der Waals surface area contributed by atoms with Gasteiger partial charge in [0.25, 0.3) is 17.4 Å². The quantitative estimate of drug-likeness (QED) is 0.312. The number of nitrogens with one attached hydrogen (secondary N) is 3. The van der Waals surface area contributed by atoms with Crippen LogP contribution in [0, 0.1) is 5.41 Å². The maximum atomic E-state index is 12.4. The molecule has 0 aliphatic carbocycles. The molecule has 0 saturated carbocycles. The third-order valence-corrected chi connectivity index (χ3v) is 4.10. The van der Waals surface area contributed by atoms with Gasteiger partial charge in [0.05, 0.1) is 5.69 Å². The average Bonchev–Trinajstić information content (AvgIpc) is 2.62. The second-order valence-corrected chi connectivity index (χ2v) is 6.05. The van der Waals surface area contributed by atoms with Crippen molar-refractivity contribution in [3.05, 3.63) is 53.6 Å². The molecule has 1 heterocycles. The second-order valence-electron chi connectivity index (χ2n) is 6.05. The molecule has 0 radical (unpaired) electrons. The Labute approximate surface area is 153 Å². The predicted octanol–water partition coefficient (Wildman–Crippen LogP) is 1.40. The van der Waals surface area contributed by atoms with E-state index >= 15 is 0 Å². The molecule has 0 bridgehead atoms. The Balaban J connectivity index is 1.81. The van der Waals surface area contributed by atoms with E-state index in [1.165, 1.54) is 24.3 Å². The Morgan fingerprint density at radius 3 is 2.41 bits per heavy atom. The highest BCUT2D eigenvalue weighted by Crippen LogP contribution is 2.36. The molecule has 9 heteroatoms. The number of carboxylic acids is 1. The molecule has 138 valence electrons. The first-order valence-corrected chi connectivity index (χ1v) is 7.84. The van der Waals surface area contributed by atoms with Crippen LogP contribution in [0.1, 0.15) is 22.8 Å². The van der Waals surface area contributed by atoms with E-state index in [0.717, 1.165) is 6.92 Å². The Morgan fingerprint density at radius 1 is 1.19 bits per heavy atom. The second kappa shape index (κ2) is 6.45. The SMILES string of the molecule is CC1(C(=O)O)Oc2cc(NC(=O)c3ccc(C(=N)N)cc3)ccc2NC1=O. The molecule has 0 saturated heterocycles. The predicted molar refractivity (Wildman–Crippen MR) is 97.2 cm³/mol. The van der Waals surface area contributed by atoms with Crippen molar-refractivity contribution in [1.29, 1.82) is 5.41 Å². The minimum Gasteiger partial charge on any atom is -0.478 e. The van der Waals surface area contributed by atoms with Crippen molar-refractivity contribution in [1.82, 2.24) is 0 Å². The first kappa shape index (κ1) is 17.9. The summed E-state index contributed by atoms with van der Waals surface area (Å²) in [6, 6.07) is 10.7. The fourth-order valence-corrected chi connectivity index (χ4v) is 2.44. The fourth-order valence-electron chi connectivity index (χ4n) is 2.44. The van der Waals surface area contributed by atoms with Crippen molar-refractivity contribution in [2.24, 2.45) is 5.73 Å². The van der Waals surface area contributed by atoms with Crippen LogP contribution in [0.5, 0.6) is 5.75 Å². The summed E-state index contributed by atoms with van der Waals surface area (Å²) in [5.74, 6) is -2.59. The van der Waals surface area contributed by atoms with E-state index in [1.807, 2.05) is 0 Å². The molecule has 3 rings (SSSR count). The van der Waals surface area contributed by atoms with Gasteiger partial charge in [0.2, 0.25) is 0 Å². The van der Waals surface area contributed by atoms with Gasteiger partial charge in [0, 0.05) is 22.9 Å². The number of carboxylic acid groups (broad SMARTS) is 1. The van der Waals surface area contributed by atoms with Crippen LogP contribution in [-0.2, 0) is 9.59 Å². The highest BCUT2D eigenvalue weighted by atomic mass is 16.5. The molecule has 1 atom stereocenters. The summed E-state index contributed by atoms with van der Waals surface area (Å²) < 4.78 is 5.36. The lowest BCUT2D eigenvalue weighted by molar-refractivity contribution is -0.159. The first-order valence-electron chi connectivity index (χ1n) is 7.84. The summed E-state index contributed by atoms with van der Waals surface area (Å²) in [5.41, 5.74) is 4.84. The Kier molecular flexibility index (Phi) is 4.28. The molecule has 0 spiro atoms. The van der Waals surface area contributed by atoms with Gasteiger partial charge in [0.15, 0.2) is 0 Å². The standard InChI is InChI=1S/C18H16N4O5/c1-18(17(25)26)16(24)22-12-7-6-11(8-13(12)27-18)21-15(23)10-4-2-9(3-5-10)14(19)20/h2-8H,1H3,(H3,19,20)(H,21,23)(H,22,24)(H,25,26). The van der Waals surface area contributed by atoms with Crippen LogP contribution in [-0.4, -0.2) is 34.3 Å². The fraction of sp³-hybridized carbons (Fsp3) is 0.111. The van der Waals surface area contributed by atoms with Gasteiger partial charge in [0.1, 0.15) is 11.6 Å². The highest BCUT2D eigenvalue weighted by Gasteiger charge is 2.47. The lowest BCUT2D eigenvalue weighted by Gasteiger charge is -2.31. The van der Waals surface area contributed by atoms with Gasteiger partial charge in [-0.2, -0.15) is 0 Å². The number of hydrogen-bond acceptors (Lipinski definition) is 5. The number of rotatable bonds is 4. The van der Waals surface area contributed by atoms with Gasteiger partial charge < -0.3 is 26.2 Å². The number of nitrogens with two attached hydrogens (primary N) is 1. The van der Waals surface area contributed by atoms with Crippen molar-refractivity contribution in [3.63, 3.8) is 0 Å². The van der Waals surface area contributed by atoms with Gasteiger partial charge in [-0.3, -0.25) is 15.0 Å². The van der Waals surface area contributed by atoms with E-state index in [0.29, 0.717) is 22.5 Å². The van der Waals surface area contributed by atoms with Crippen molar-refractivity contribution in [2.75, 3.05) is 10.6 Å². The number of carbonyl (C=O) groups is 3. The number of anilines is 2. The summed E-state index contributed by atoms with van der Waals surface area (Å²) in [6.07, 6.45) is 0. The van der Waals surface area contributed by atoms with Gasteiger partial charge in [-0.1, -0.05) is 12.1 Å². The van der Waals surface area contributed by atoms with Gasteiger partial charge in [-0.05, 0) is 31.2 Å². The van der Waals surface area contributed by atoms with Crippen LogP contribution in [0.4, 0.5) is 11.4 Å². The van der Waals surface area contributed by atoms with Crippen LogP contribution in [0.25, 0.3) is 0 Å². The van der Waals surface area contributed by atoms with E-state index in [4.69, 9.17) is 15.9 Å². The molecule has 6 N–H and O–H groups in total. The Hall–Kier alpha value is -3.88. The van der Waals surface area contributed by atoms with Crippen LogP contribution in [0.2, 0.25) is 0 Å². The first-order chi connectivity index (χ1) is 12.7. The molecule has 2 aromatic carbocycles. The van der Waals surface area contributed by atoms with Crippen molar-refractivity contribution in [2.45, 2.75) is 12.5 Å². The topological polar surface area (TPSA) is 155 Å². The zero-order valence-corrected chi connectivity index (χ0v) is 14.2. The van der Waals surface area contributed by atoms with Crippen molar-refractivity contribution >= 4 is 35.0 Å². The zero-order valence-electron chi connectivity index (χ0n) is 14.2. The van der Waals surface area contributed by atoms with Crippen molar-refractivity contribution < 1.29 is 24.2 Å². The third kappa shape index (κ3) is 3.30. The summed E-state index contributed by atoms with van der Waals surface area (Å²) in [5, 5.41) is 21.7. The normalized spacial score (nSPS) is 17.9. The molecule has 0 aromatic heterocycles. The molecule has 1 aliphatic heterocycles. The number of amides is 2. The monoisotopic (exact) mass is 368 g/mol. The minimum absolute atomic E-state index is 0.0997. The third-order valence-electron chi connectivity index (χ3n) is 4.10. The van der Waals surface area contributed by atoms with E-state index in [2.05, 4.69) is 10.6 Å². The Bertz CT molecular complexity index is 970. The molecule has 2 aromatic rings. The number of fused-ring (bicyclic) bond motifs is 1. The van der Waals surface area contributed by atoms with Gasteiger partial charge in [-0.15, -0.1) is 0 Å². The molecule has 0 fully saturated rings. The molecular formula is C18H16N4O5. The average molecular weight is 368 g/mol. The van der Waals surface area contributed by atoms with E-state index in [9.17, 15) is 19.5 Å². The number of benzene rings is 2. The summed E-state index contributed by atoms with van der Waals surface area (Å²) in [7, 11) is 0. The number of amidine groups is 1. The maximum Gasteiger partial charge on any atom is 0.357 e. The summed E-state index contributed by atoms with van der Waals surface area (Å²) in [6.45, 7) is 1.15. The molecule has 1 unspecified atom stereocenters. The van der Waals surface area contributed by atoms with Gasteiger partial charge in [-0.25, -0.2) is 4.79 Å². The molecule has 1 aliphatic rings. The number of hydrogen-bond donors (Lipinski definition) is 5. The zero-order chi connectivity index (χ0) is 19.8. The number of aliphatic carboxylic acids is 1. The number of carbonyl (C=O) groups excluding carboxylic acids is 2. The smallest absolute Gasteiger partial charge is 0.357 e. The van der Waals surface area contributed by atoms with E-state index < -0.39 is 23.4 Å². The van der Waals surface area contributed by atoms with E-state index in [1.54, 1.807) is 18.2 Å². The van der Waals surface area contributed by atoms with Crippen LogP contribution < -0.4 is 21.1 Å². The van der Waals surface area contributed by atoms with Gasteiger partial charge >= 0.3 is 5.97 Å². The molecule has 27 heavy (non-hydrogen) atoms. The largest absolute Gasteiger partial charge is 0.478 e. The highest BCUT2D eigenvalue weighted by molar-refractivity contribution is 6.13. The Morgan fingerprint density at radius 2 is 1.81 bits per heavy atom. The van der Waals surface area contributed by atoms with Crippen LogP contribution >= 0.6 is 0 Å². The summed E-state index contributed by atoms with van der Waals surface area (Å²) in [4.78, 5) is 35.6. The lowest BCUT2D eigenvalue weighted by atomic mass is 10.0. The molecule has 9 nitrogen and oxygen atoms in total. The minimum atomic E-state index is -2.06. The summed E-state index contributed by atoms with van der Waals surface area (Å²) >= 11 is 0. The van der Waals surface area contributed by atoms with Crippen LogP contribution in [0.3, 0.4) is 0 Å². The number of nitrogen functional groups attached to an aromatic ring is 1. The molecule has 2 amide bonds. The maximum absolute atomic E-state index is 12.4. The molecular weight excluding hydrogens is 352 g/mol. The van der Waals surface area contributed by atoms with E-state index in [-0.39, 0.29) is 11.6 Å². The van der Waals surface area contributed by atoms with Crippen LogP contribution in [0.15, 0.2) is 42.5 Å². The number of ether oxygens (including phenoxy) is 1.